The number of ether oxygens (including phenoxy) is 1. The van der Waals surface area contributed by atoms with Crippen LogP contribution in [0.1, 0.15) is 25.2 Å². The molecule has 0 aliphatic carbocycles. The molecule has 0 radical (unpaired) electrons. The number of methoxy groups -OCH3 is 1. The molecule has 0 N–H and O–H groups in total. The van der Waals surface area contributed by atoms with Crippen LogP contribution in [0.4, 0.5) is 0 Å². The van der Waals surface area contributed by atoms with Gasteiger partial charge in [-0.05, 0) is 19.2 Å². The second-order valence-electron chi connectivity index (χ2n) is 4.24. The van der Waals surface area contributed by atoms with Crippen molar-refractivity contribution in [3.8, 4) is 5.75 Å². The van der Waals surface area contributed by atoms with Gasteiger partial charge in [-0.1, -0.05) is 32.0 Å². The minimum Gasteiger partial charge on any atom is -0.496 e. The van der Waals surface area contributed by atoms with E-state index in [1.165, 1.54) is 14.2 Å². The van der Waals surface area contributed by atoms with Gasteiger partial charge in [-0.2, -0.15) is 0 Å². The maximum absolute atomic E-state index is 12.9. The highest BCUT2D eigenvalue weighted by molar-refractivity contribution is 7.54. The first kappa shape index (κ1) is 17.2. The molecule has 1 atom stereocenters. The average Bonchev–Trinajstić information content (AvgIpc) is 2.51. The monoisotopic (exact) mass is 301 g/mol. The summed E-state index contributed by atoms with van der Waals surface area (Å²) in [7, 11) is 1.13. The predicted octanol–water partition coefficient (Wildman–Crippen LogP) is 3.52. The zero-order chi connectivity index (χ0) is 15.2. The highest BCUT2D eigenvalue weighted by Gasteiger charge is 2.40. The summed E-state index contributed by atoms with van der Waals surface area (Å²) < 4.78 is 28.8. The average molecular weight is 301 g/mol. The van der Waals surface area contributed by atoms with Crippen LogP contribution in [-0.4, -0.2) is 39.3 Å². The van der Waals surface area contributed by atoms with Gasteiger partial charge in [-0.25, -0.2) is 0 Å². The van der Waals surface area contributed by atoms with E-state index in [1.54, 1.807) is 7.11 Å². The first-order valence-corrected chi connectivity index (χ1v) is 8.27. The summed E-state index contributed by atoms with van der Waals surface area (Å²) in [6.45, 7) is 5.50. The number of para-hydroxylation sites is 1. The van der Waals surface area contributed by atoms with Crippen molar-refractivity contribution in [2.45, 2.75) is 19.6 Å². The molecule has 20 heavy (non-hydrogen) atoms. The van der Waals surface area contributed by atoms with E-state index in [1.807, 2.05) is 43.0 Å². The van der Waals surface area contributed by atoms with Crippen molar-refractivity contribution in [2.24, 2.45) is 0 Å². The highest BCUT2D eigenvalue weighted by Crippen LogP contribution is 2.62. The van der Waals surface area contributed by atoms with Gasteiger partial charge in [0, 0.05) is 19.8 Å². The molecule has 5 nitrogen and oxygen atoms in total. The summed E-state index contributed by atoms with van der Waals surface area (Å²) in [5.41, 5.74) is 0.811. The molecule has 0 amide bonds. The van der Waals surface area contributed by atoms with E-state index < -0.39 is 13.4 Å². The van der Waals surface area contributed by atoms with Gasteiger partial charge in [-0.3, -0.25) is 9.46 Å². The molecule has 0 aromatic heterocycles. The Balaban J connectivity index is 3.41. The number of hydrogen-bond donors (Lipinski definition) is 0. The zero-order valence-electron chi connectivity index (χ0n) is 12.8. The maximum Gasteiger partial charge on any atom is 0.351 e. The Morgan fingerprint density at radius 2 is 1.65 bits per heavy atom. The largest absolute Gasteiger partial charge is 0.496 e. The SMILES string of the molecule is CCN(CC)C(c1ccccc1OC)P(=O)(OC)OC. The topological polar surface area (TPSA) is 48.0 Å². The van der Waals surface area contributed by atoms with E-state index in [9.17, 15) is 4.57 Å². The summed E-state index contributed by atoms with van der Waals surface area (Å²) in [6.07, 6.45) is 0. The highest BCUT2D eigenvalue weighted by atomic mass is 31.2. The minimum absolute atomic E-state index is 0.483. The molecular formula is C14H24NO4P. The molecule has 1 aromatic rings. The molecule has 1 aromatic carbocycles. The minimum atomic E-state index is -3.30. The molecule has 6 heteroatoms. The van der Waals surface area contributed by atoms with Crippen LogP contribution in [-0.2, 0) is 13.6 Å². The number of nitrogens with zero attached hydrogens (tertiary/aromatic N) is 1. The molecule has 0 aliphatic heterocycles. The van der Waals surface area contributed by atoms with Gasteiger partial charge in [0.1, 0.15) is 11.5 Å². The van der Waals surface area contributed by atoms with Gasteiger partial charge in [0.25, 0.3) is 0 Å². The molecule has 0 spiro atoms. The molecule has 0 bridgehead atoms. The Morgan fingerprint density at radius 3 is 2.10 bits per heavy atom. The van der Waals surface area contributed by atoms with Crippen molar-refractivity contribution in [1.82, 2.24) is 4.90 Å². The second kappa shape index (κ2) is 7.79. The molecule has 0 heterocycles. The maximum atomic E-state index is 12.9. The van der Waals surface area contributed by atoms with Crippen LogP contribution in [0.15, 0.2) is 24.3 Å². The summed E-state index contributed by atoms with van der Waals surface area (Å²) in [5, 5.41) is 0. The van der Waals surface area contributed by atoms with E-state index in [0.717, 1.165) is 18.7 Å². The summed E-state index contributed by atoms with van der Waals surface area (Å²) in [6, 6.07) is 7.52. The molecule has 114 valence electrons. The van der Waals surface area contributed by atoms with Crippen molar-refractivity contribution < 1.29 is 18.3 Å². The lowest BCUT2D eigenvalue weighted by Gasteiger charge is -2.34. The second-order valence-corrected chi connectivity index (χ2v) is 6.54. The fourth-order valence-corrected chi connectivity index (χ4v) is 4.12. The first-order valence-electron chi connectivity index (χ1n) is 6.66. The summed E-state index contributed by atoms with van der Waals surface area (Å²) in [5.74, 6) is 0.197. The van der Waals surface area contributed by atoms with Gasteiger partial charge < -0.3 is 13.8 Å². The quantitative estimate of drug-likeness (QED) is 0.688. The lowest BCUT2D eigenvalue weighted by atomic mass is 10.2. The van der Waals surface area contributed by atoms with Gasteiger partial charge in [0.05, 0.1) is 7.11 Å². The normalized spacial score (nSPS) is 13.5. The molecular weight excluding hydrogens is 277 g/mol. The van der Waals surface area contributed by atoms with Crippen LogP contribution in [0.3, 0.4) is 0 Å². The lowest BCUT2D eigenvalue weighted by molar-refractivity contribution is 0.197. The first-order chi connectivity index (χ1) is 9.57. The van der Waals surface area contributed by atoms with Crippen LogP contribution in [0.2, 0.25) is 0 Å². The zero-order valence-corrected chi connectivity index (χ0v) is 13.7. The number of benzene rings is 1. The molecule has 0 aliphatic rings. The third-order valence-corrected chi connectivity index (χ3v) is 5.61. The molecule has 1 rings (SSSR count). The van der Waals surface area contributed by atoms with Gasteiger partial charge >= 0.3 is 7.60 Å². The molecule has 0 fully saturated rings. The van der Waals surface area contributed by atoms with E-state index in [0.29, 0.717) is 5.75 Å². The standard InChI is InChI=1S/C14H24NO4P/c1-6-15(7-2)14(20(16,18-4)19-5)12-10-8-9-11-13(12)17-3/h8-11,14H,6-7H2,1-5H3. The van der Waals surface area contributed by atoms with Crippen LogP contribution in [0.5, 0.6) is 5.75 Å². The van der Waals surface area contributed by atoms with Gasteiger partial charge in [0.15, 0.2) is 0 Å². The number of rotatable bonds is 8. The van der Waals surface area contributed by atoms with Crippen molar-refractivity contribution in [3.63, 3.8) is 0 Å². The third kappa shape index (κ3) is 3.41. The Bertz CT molecular complexity index is 454. The summed E-state index contributed by atoms with van der Waals surface area (Å²) >= 11 is 0. The molecule has 0 saturated heterocycles. The van der Waals surface area contributed by atoms with Crippen LogP contribution in [0.25, 0.3) is 0 Å². The van der Waals surface area contributed by atoms with E-state index >= 15 is 0 Å². The van der Waals surface area contributed by atoms with Gasteiger partial charge in [-0.15, -0.1) is 0 Å². The number of hydrogen-bond acceptors (Lipinski definition) is 5. The fourth-order valence-electron chi connectivity index (χ4n) is 2.29. The fraction of sp³-hybridized carbons (Fsp3) is 0.571. The van der Waals surface area contributed by atoms with Crippen molar-refractivity contribution >= 4 is 7.60 Å². The Kier molecular flexibility index (Phi) is 6.69. The molecule has 0 saturated carbocycles. The van der Waals surface area contributed by atoms with E-state index in [4.69, 9.17) is 13.8 Å². The van der Waals surface area contributed by atoms with Crippen LogP contribution < -0.4 is 4.74 Å². The van der Waals surface area contributed by atoms with Crippen molar-refractivity contribution in [1.29, 1.82) is 0 Å². The lowest BCUT2D eigenvalue weighted by Crippen LogP contribution is -2.29. The molecule has 1 unspecified atom stereocenters. The third-order valence-electron chi connectivity index (χ3n) is 3.38. The summed E-state index contributed by atoms with van der Waals surface area (Å²) in [4.78, 5) is 2.05. The Labute approximate surface area is 121 Å². The van der Waals surface area contributed by atoms with Gasteiger partial charge in [0.2, 0.25) is 0 Å². The smallest absolute Gasteiger partial charge is 0.351 e. The Morgan fingerprint density at radius 1 is 1.10 bits per heavy atom. The van der Waals surface area contributed by atoms with Crippen molar-refractivity contribution in [2.75, 3.05) is 34.4 Å². The van der Waals surface area contributed by atoms with Crippen LogP contribution in [0, 0.1) is 0 Å². The van der Waals surface area contributed by atoms with E-state index in [-0.39, 0.29) is 0 Å². The Hall–Kier alpha value is -0.870. The van der Waals surface area contributed by atoms with E-state index in [2.05, 4.69) is 0 Å². The predicted molar refractivity (Wildman–Crippen MR) is 80.3 cm³/mol. The van der Waals surface area contributed by atoms with Crippen molar-refractivity contribution in [3.05, 3.63) is 29.8 Å². The van der Waals surface area contributed by atoms with Crippen LogP contribution >= 0.6 is 7.60 Å².